The Hall–Kier alpha value is -1.95. The zero-order chi connectivity index (χ0) is 11.5. The Kier molecular flexibility index (Phi) is 2.82. The zero-order valence-corrected chi connectivity index (χ0v) is 9.36. The summed E-state index contributed by atoms with van der Waals surface area (Å²) >= 11 is 0. The lowest BCUT2D eigenvalue weighted by molar-refractivity contribution is 0.354. The van der Waals surface area contributed by atoms with Crippen molar-refractivity contribution in [3.63, 3.8) is 0 Å². The zero-order valence-electron chi connectivity index (χ0n) is 9.36. The highest BCUT2D eigenvalue weighted by Gasteiger charge is 2.19. The minimum Gasteiger partial charge on any atom is -0.493 e. The van der Waals surface area contributed by atoms with Gasteiger partial charge in [-0.25, -0.2) is 0 Å². The molecule has 0 aliphatic heterocycles. The molecular formula is C13H13NO2. The Morgan fingerprint density at radius 2 is 1.94 bits per heavy atom. The number of allylic oxidation sites excluding steroid dienone is 1. The molecule has 0 saturated carbocycles. The fraction of sp³-hybridized carbons (Fsp3) is 0.308. The van der Waals surface area contributed by atoms with Gasteiger partial charge in [-0.05, 0) is 29.7 Å². The van der Waals surface area contributed by atoms with Crippen LogP contribution in [0, 0.1) is 11.3 Å². The summed E-state index contributed by atoms with van der Waals surface area (Å²) in [5.41, 5.74) is 2.05. The molecule has 1 atom stereocenters. The van der Waals surface area contributed by atoms with Crippen LogP contribution in [0.3, 0.4) is 0 Å². The summed E-state index contributed by atoms with van der Waals surface area (Å²) in [5, 5.41) is 9.07. The summed E-state index contributed by atoms with van der Waals surface area (Å²) in [6.45, 7) is 0. The van der Waals surface area contributed by atoms with Gasteiger partial charge < -0.3 is 9.47 Å². The number of benzene rings is 1. The van der Waals surface area contributed by atoms with E-state index in [2.05, 4.69) is 6.07 Å². The number of fused-ring (bicyclic) bond motifs is 1. The molecule has 0 amide bonds. The molecule has 0 spiro atoms. The van der Waals surface area contributed by atoms with Gasteiger partial charge in [0.15, 0.2) is 11.5 Å². The van der Waals surface area contributed by atoms with Gasteiger partial charge in [-0.2, -0.15) is 5.26 Å². The summed E-state index contributed by atoms with van der Waals surface area (Å²) in [5.74, 6) is 1.29. The van der Waals surface area contributed by atoms with Crippen molar-refractivity contribution in [2.75, 3.05) is 14.2 Å². The Balaban J connectivity index is 2.56. The number of nitrogens with zero attached hydrogens (tertiary/aromatic N) is 1. The molecule has 82 valence electrons. The fourth-order valence-electron chi connectivity index (χ4n) is 1.94. The second kappa shape index (κ2) is 4.28. The first-order chi connectivity index (χ1) is 7.80. The number of rotatable bonds is 2. The molecule has 16 heavy (non-hydrogen) atoms. The minimum atomic E-state index is -0.0835. The van der Waals surface area contributed by atoms with Gasteiger partial charge in [0.1, 0.15) is 0 Å². The maximum Gasteiger partial charge on any atom is 0.161 e. The molecule has 2 rings (SSSR count). The molecule has 1 aliphatic rings. The molecule has 1 aliphatic carbocycles. The summed E-state index contributed by atoms with van der Waals surface area (Å²) in [7, 11) is 3.21. The van der Waals surface area contributed by atoms with Crippen LogP contribution in [0.25, 0.3) is 6.08 Å². The molecule has 0 bridgehead atoms. The van der Waals surface area contributed by atoms with Crippen molar-refractivity contribution in [2.45, 2.75) is 12.3 Å². The van der Waals surface area contributed by atoms with E-state index in [-0.39, 0.29) is 5.92 Å². The molecule has 1 unspecified atom stereocenters. The van der Waals surface area contributed by atoms with Gasteiger partial charge in [0, 0.05) is 0 Å². The first kappa shape index (κ1) is 10.6. The molecule has 0 aromatic heterocycles. The van der Waals surface area contributed by atoms with E-state index in [0.29, 0.717) is 11.5 Å². The van der Waals surface area contributed by atoms with Crippen molar-refractivity contribution in [1.29, 1.82) is 5.26 Å². The van der Waals surface area contributed by atoms with Gasteiger partial charge in [0.05, 0.1) is 26.2 Å². The van der Waals surface area contributed by atoms with Crippen LogP contribution in [0.1, 0.15) is 23.5 Å². The van der Waals surface area contributed by atoms with E-state index in [1.165, 1.54) is 0 Å². The van der Waals surface area contributed by atoms with Crippen molar-refractivity contribution < 1.29 is 9.47 Å². The largest absolute Gasteiger partial charge is 0.493 e. The van der Waals surface area contributed by atoms with Crippen LogP contribution in [0.5, 0.6) is 11.5 Å². The Morgan fingerprint density at radius 1 is 1.25 bits per heavy atom. The molecule has 0 saturated heterocycles. The molecule has 0 heterocycles. The molecule has 0 radical (unpaired) electrons. The average Bonchev–Trinajstić information content (AvgIpc) is 2.36. The predicted octanol–water partition coefficient (Wildman–Crippen LogP) is 2.73. The van der Waals surface area contributed by atoms with E-state index < -0.39 is 0 Å². The number of methoxy groups -OCH3 is 2. The third-order valence-electron chi connectivity index (χ3n) is 2.79. The van der Waals surface area contributed by atoms with Crippen molar-refractivity contribution in [3.05, 3.63) is 29.3 Å². The van der Waals surface area contributed by atoms with Crippen LogP contribution in [0.2, 0.25) is 0 Å². The van der Waals surface area contributed by atoms with Crippen molar-refractivity contribution in [3.8, 4) is 17.6 Å². The summed E-state index contributed by atoms with van der Waals surface area (Å²) in [4.78, 5) is 0. The molecule has 3 nitrogen and oxygen atoms in total. The van der Waals surface area contributed by atoms with Crippen LogP contribution in [0.4, 0.5) is 0 Å². The van der Waals surface area contributed by atoms with Gasteiger partial charge in [0.2, 0.25) is 0 Å². The van der Waals surface area contributed by atoms with Crippen LogP contribution in [0.15, 0.2) is 18.2 Å². The van der Waals surface area contributed by atoms with E-state index in [9.17, 15) is 0 Å². The molecule has 0 fully saturated rings. The second-order valence-electron chi connectivity index (χ2n) is 3.66. The molecule has 3 heteroatoms. The molecule has 1 aromatic rings. The number of ether oxygens (including phenoxy) is 2. The van der Waals surface area contributed by atoms with Crippen molar-refractivity contribution >= 4 is 6.08 Å². The third kappa shape index (κ3) is 1.63. The lowest BCUT2D eigenvalue weighted by atomic mass is 9.88. The van der Waals surface area contributed by atoms with E-state index in [1.807, 2.05) is 24.3 Å². The third-order valence-corrected chi connectivity index (χ3v) is 2.79. The second-order valence-corrected chi connectivity index (χ2v) is 3.66. The normalized spacial score (nSPS) is 17.4. The molecule has 0 N–H and O–H groups in total. The van der Waals surface area contributed by atoms with Crippen LogP contribution in [-0.2, 0) is 0 Å². The average molecular weight is 215 g/mol. The van der Waals surface area contributed by atoms with E-state index in [1.54, 1.807) is 14.2 Å². The topological polar surface area (TPSA) is 42.2 Å². The van der Waals surface area contributed by atoms with Crippen LogP contribution in [-0.4, -0.2) is 14.2 Å². The highest BCUT2D eigenvalue weighted by atomic mass is 16.5. The standard InChI is InChI=1S/C13H13NO2/c1-15-12-6-9-4-3-5-10(8-14)11(9)7-13(12)16-2/h3-4,6-7,10H,5H2,1-2H3. The van der Waals surface area contributed by atoms with Crippen LogP contribution >= 0.6 is 0 Å². The van der Waals surface area contributed by atoms with E-state index >= 15 is 0 Å². The fourth-order valence-corrected chi connectivity index (χ4v) is 1.94. The SMILES string of the molecule is COc1cc2c(cc1OC)C(C#N)CC=C2. The molecule has 1 aromatic carbocycles. The first-order valence-corrected chi connectivity index (χ1v) is 5.12. The highest BCUT2D eigenvalue weighted by molar-refractivity contribution is 5.64. The lowest BCUT2D eigenvalue weighted by Gasteiger charge is -2.18. The van der Waals surface area contributed by atoms with Gasteiger partial charge in [-0.1, -0.05) is 12.2 Å². The maximum atomic E-state index is 9.07. The predicted molar refractivity (Wildman–Crippen MR) is 61.6 cm³/mol. The summed E-state index contributed by atoms with van der Waals surface area (Å²) < 4.78 is 10.5. The van der Waals surface area contributed by atoms with Gasteiger partial charge in [0.25, 0.3) is 0 Å². The van der Waals surface area contributed by atoms with E-state index in [0.717, 1.165) is 17.5 Å². The summed E-state index contributed by atoms with van der Waals surface area (Å²) in [6, 6.07) is 6.11. The van der Waals surface area contributed by atoms with Gasteiger partial charge in [-0.3, -0.25) is 0 Å². The van der Waals surface area contributed by atoms with Crippen molar-refractivity contribution in [1.82, 2.24) is 0 Å². The van der Waals surface area contributed by atoms with Gasteiger partial charge in [-0.15, -0.1) is 0 Å². The highest BCUT2D eigenvalue weighted by Crippen LogP contribution is 2.37. The Labute approximate surface area is 94.9 Å². The van der Waals surface area contributed by atoms with E-state index in [4.69, 9.17) is 14.7 Å². The number of hydrogen-bond donors (Lipinski definition) is 0. The molecular weight excluding hydrogens is 202 g/mol. The number of hydrogen-bond acceptors (Lipinski definition) is 3. The van der Waals surface area contributed by atoms with Crippen LogP contribution < -0.4 is 9.47 Å². The Bertz CT molecular complexity index is 472. The number of nitriles is 1. The minimum absolute atomic E-state index is 0.0835. The quantitative estimate of drug-likeness (QED) is 0.761. The monoisotopic (exact) mass is 215 g/mol. The Morgan fingerprint density at radius 3 is 2.56 bits per heavy atom. The lowest BCUT2D eigenvalue weighted by Crippen LogP contribution is -2.03. The maximum absolute atomic E-state index is 9.07. The van der Waals surface area contributed by atoms with Gasteiger partial charge >= 0.3 is 0 Å². The first-order valence-electron chi connectivity index (χ1n) is 5.12. The smallest absolute Gasteiger partial charge is 0.161 e. The van der Waals surface area contributed by atoms with Crippen molar-refractivity contribution in [2.24, 2.45) is 0 Å². The summed E-state index contributed by atoms with van der Waals surface area (Å²) in [6.07, 6.45) is 4.80.